The average Bonchev–Trinajstić information content (AvgIpc) is 3.61. The van der Waals surface area contributed by atoms with E-state index >= 15 is 0 Å². The van der Waals surface area contributed by atoms with Crippen LogP contribution in [0.15, 0.2) is 60.2 Å². The molecule has 2 aliphatic rings. The fourth-order valence-corrected chi connectivity index (χ4v) is 6.89. The summed E-state index contributed by atoms with van der Waals surface area (Å²) in [6.45, 7) is 10.8. The van der Waals surface area contributed by atoms with Crippen LogP contribution in [0, 0.1) is 19.8 Å². The minimum atomic E-state index is -0.885. The zero-order chi connectivity index (χ0) is 29.7. The van der Waals surface area contributed by atoms with Gasteiger partial charge < -0.3 is 14.6 Å². The smallest absolute Gasteiger partial charge is 0.301 e. The first kappa shape index (κ1) is 28.0. The molecule has 1 aromatic heterocycles. The molecule has 0 saturated carbocycles. The van der Waals surface area contributed by atoms with Crippen LogP contribution in [0.25, 0.3) is 16.0 Å². The van der Waals surface area contributed by atoms with Crippen LogP contribution >= 0.6 is 11.3 Å². The summed E-state index contributed by atoms with van der Waals surface area (Å²) < 4.78 is 12.8. The van der Waals surface area contributed by atoms with E-state index in [-0.39, 0.29) is 17.4 Å². The lowest BCUT2D eigenvalue weighted by molar-refractivity contribution is -0.132. The summed E-state index contributed by atoms with van der Waals surface area (Å²) in [6.07, 6.45) is 1.63. The molecule has 3 aromatic carbocycles. The van der Waals surface area contributed by atoms with Crippen molar-refractivity contribution < 1.29 is 24.2 Å². The number of ether oxygens (including phenoxy) is 2. The number of aliphatic hydroxyl groups is 1. The van der Waals surface area contributed by atoms with Crippen LogP contribution < -0.4 is 14.4 Å². The lowest BCUT2D eigenvalue weighted by Crippen LogP contribution is -2.29. The Kier molecular flexibility index (Phi) is 7.27. The third-order valence-corrected chi connectivity index (χ3v) is 8.78. The van der Waals surface area contributed by atoms with Crippen molar-refractivity contribution in [3.8, 4) is 11.5 Å². The Balaban J connectivity index is 1.50. The number of nitrogens with zero attached hydrogens (tertiary/aromatic N) is 2. The second-order valence-corrected chi connectivity index (χ2v) is 12.7. The summed E-state index contributed by atoms with van der Waals surface area (Å²) in [5.41, 5.74) is 4.98. The van der Waals surface area contributed by atoms with Crippen molar-refractivity contribution >= 4 is 44.1 Å². The molecule has 2 atom stereocenters. The Morgan fingerprint density at radius 3 is 2.74 bits per heavy atom. The number of aliphatic hydroxyl groups excluding tert-OH is 1. The van der Waals surface area contributed by atoms with Crippen molar-refractivity contribution in [3.63, 3.8) is 0 Å². The van der Waals surface area contributed by atoms with Crippen molar-refractivity contribution in [2.24, 2.45) is 5.92 Å². The molecule has 1 fully saturated rings. The molecule has 42 heavy (non-hydrogen) atoms. The van der Waals surface area contributed by atoms with Gasteiger partial charge in [0, 0.05) is 12.0 Å². The van der Waals surface area contributed by atoms with Gasteiger partial charge in [0.25, 0.3) is 5.78 Å². The first-order valence-electron chi connectivity index (χ1n) is 14.3. The number of benzene rings is 3. The van der Waals surface area contributed by atoms with Crippen molar-refractivity contribution in [1.82, 2.24) is 4.98 Å². The monoisotopic (exact) mass is 582 g/mol. The van der Waals surface area contributed by atoms with Crippen LogP contribution in [-0.4, -0.2) is 34.5 Å². The Morgan fingerprint density at radius 1 is 1.14 bits per heavy atom. The van der Waals surface area contributed by atoms with Crippen molar-refractivity contribution in [2.45, 2.75) is 59.6 Å². The average molecular weight is 583 g/mol. The molecule has 7 nitrogen and oxygen atoms in total. The van der Waals surface area contributed by atoms with Gasteiger partial charge in [0.05, 0.1) is 28.4 Å². The summed E-state index contributed by atoms with van der Waals surface area (Å²) in [7, 11) is 0. The molecule has 216 valence electrons. The number of hydrogen-bond donors (Lipinski definition) is 1. The van der Waals surface area contributed by atoms with E-state index in [1.54, 1.807) is 12.1 Å². The molecule has 0 unspecified atom stereocenters. The van der Waals surface area contributed by atoms with Gasteiger partial charge in [-0.15, -0.1) is 0 Å². The number of amides is 1. The third kappa shape index (κ3) is 5.04. The number of thiazole rings is 1. The lowest BCUT2D eigenvalue weighted by Gasteiger charge is -2.23. The van der Waals surface area contributed by atoms with E-state index in [1.807, 2.05) is 63.2 Å². The molecular formula is C34H34N2O5S. The Labute approximate surface area is 249 Å². The van der Waals surface area contributed by atoms with Crippen molar-refractivity contribution in [3.05, 3.63) is 88.0 Å². The number of fused-ring (bicyclic) bond motifs is 2. The standard InChI is InChI=1S/C34H34N2O5S/c1-18(2)11-12-40-25-8-6-7-22(17-25)30-28(31(37)23-9-10-26-24(16-23)15-21(5)41-26)32(38)33(39)36(30)34-35-29-20(4)13-19(3)14-27(29)42-34/h6-10,13-14,16-18,21,30,37H,11-12,15H2,1-5H3/t21-,30-/m1/s1. The largest absolute Gasteiger partial charge is 0.507 e. The fraction of sp³-hybridized carbons (Fsp3) is 0.324. The second kappa shape index (κ2) is 10.9. The van der Waals surface area contributed by atoms with E-state index in [2.05, 4.69) is 13.8 Å². The maximum Gasteiger partial charge on any atom is 0.301 e. The van der Waals surface area contributed by atoms with E-state index in [1.165, 1.54) is 16.2 Å². The van der Waals surface area contributed by atoms with Gasteiger partial charge in [-0.1, -0.05) is 43.4 Å². The molecule has 0 aliphatic carbocycles. The van der Waals surface area contributed by atoms with Crippen LogP contribution in [0.3, 0.4) is 0 Å². The van der Waals surface area contributed by atoms with Gasteiger partial charge in [0.1, 0.15) is 23.4 Å². The topological polar surface area (TPSA) is 89.0 Å². The SMILES string of the molecule is Cc1cc(C)c2nc(N3C(=O)C(=O)C(=C(O)c4ccc5c(c4)C[C@@H](C)O5)[C@H]3c3cccc(OCCC(C)C)c3)sc2c1. The zero-order valence-corrected chi connectivity index (χ0v) is 25.2. The molecular weight excluding hydrogens is 548 g/mol. The predicted octanol–water partition coefficient (Wildman–Crippen LogP) is 7.29. The molecule has 0 spiro atoms. The summed E-state index contributed by atoms with van der Waals surface area (Å²) >= 11 is 1.36. The molecule has 3 heterocycles. The van der Waals surface area contributed by atoms with Gasteiger partial charge in [0.15, 0.2) is 5.13 Å². The summed E-state index contributed by atoms with van der Waals surface area (Å²) in [5, 5.41) is 12.1. The van der Waals surface area contributed by atoms with Crippen LogP contribution in [0.4, 0.5) is 5.13 Å². The van der Waals surface area contributed by atoms with Crippen molar-refractivity contribution in [1.29, 1.82) is 0 Å². The number of carbonyl (C=O) groups is 2. The van der Waals surface area contributed by atoms with Crippen LogP contribution in [0.1, 0.15) is 61.1 Å². The van der Waals surface area contributed by atoms with E-state index in [0.29, 0.717) is 41.0 Å². The predicted molar refractivity (Wildman–Crippen MR) is 166 cm³/mol. The highest BCUT2D eigenvalue weighted by Crippen LogP contribution is 2.45. The van der Waals surface area contributed by atoms with Gasteiger partial charge >= 0.3 is 5.91 Å². The minimum absolute atomic E-state index is 0.0263. The highest BCUT2D eigenvalue weighted by atomic mass is 32.1. The van der Waals surface area contributed by atoms with Crippen molar-refractivity contribution in [2.75, 3.05) is 11.5 Å². The van der Waals surface area contributed by atoms with Crippen LogP contribution in [0.2, 0.25) is 0 Å². The lowest BCUT2D eigenvalue weighted by atomic mass is 9.94. The number of aryl methyl sites for hydroxylation is 2. The van der Waals surface area contributed by atoms with E-state index < -0.39 is 17.7 Å². The Hall–Kier alpha value is -4.17. The number of ketones is 1. The fourth-order valence-electron chi connectivity index (χ4n) is 5.72. The maximum absolute atomic E-state index is 13.8. The number of anilines is 1. The Bertz CT molecular complexity index is 1750. The molecule has 1 N–H and O–H groups in total. The maximum atomic E-state index is 13.8. The zero-order valence-electron chi connectivity index (χ0n) is 24.4. The number of Topliss-reactive ketones (excluding diaryl/α,β-unsaturated/α-hetero) is 1. The van der Waals surface area contributed by atoms with E-state index in [0.717, 1.165) is 39.1 Å². The van der Waals surface area contributed by atoms with Gasteiger partial charge in [-0.25, -0.2) is 4.98 Å². The summed E-state index contributed by atoms with van der Waals surface area (Å²) in [5.74, 6) is 0.204. The van der Waals surface area contributed by atoms with Crippen LogP contribution in [-0.2, 0) is 16.0 Å². The molecule has 1 amide bonds. The number of rotatable bonds is 7. The second-order valence-electron chi connectivity index (χ2n) is 11.7. The molecule has 6 rings (SSSR count). The number of hydrogen-bond acceptors (Lipinski definition) is 7. The molecule has 1 saturated heterocycles. The number of carbonyl (C=O) groups excluding carboxylic acids is 2. The quantitative estimate of drug-likeness (QED) is 0.140. The molecule has 4 aromatic rings. The van der Waals surface area contributed by atoms with E-state index in [4.69, 9.17) is 14.5 Å². The van der Waals surface area contributed by atoms with Gasteiger partial charge in [-0.2, -0.15) is 0 Å². The third-order valence-electron chi connectivity index (χ3n) is 7.78. The summed E-state index contributed by atoms with van der Waals surface area (Å²) in [4.78, 5) is 33.8. The van der Waals surface area contributed by atoms with Crippen LogP contribution in [0.5, 0.6) is 11.5 Å². The van der Waals surface area contributed by atoms with Gasteiger partial charge in [0.2, 0.25) is 0 Å². The molecule has 0 radical (unpaired) electrons. The van der Waals surface area contributed by atoms with E-state index in [9.17, 15) is 14.7 Å². The van der Waals surface area contributed by atoms with Gasteiger partial charge in [-0.05, 0) is 91.8 Å². The summed E-state index contributed by atoms with van der Waals surface area (Å²) in [6, 6.07) is 16.0. The Morgan fingerprint density at radius 2 is 1.95 bits per heavy atom. The normalized spacial score (nSPS) is 19.5. The first-order chi connectivity index (χ1) is 20.1. The molecule has 8 heteroatoms. The minimum Gasteiger partial charge on any atom is -0.507 e. The number of aromatic nitrogens is 1. The molecule has 0 bridgehead atoms. The van der Waals surface area contributed by atoms with Gasteiger partial charge in [-0.3, -0.25) is 14.5 Å². The highest BCUT2D eigenvalue weighted by molar-refractivity contribution is 7.22. The highest BCUT2D eigenvalue weighted by Gasteiger charge is 2.48. The molecule has 2 aliphatic heterocycles. The first-order valence-corrected chi connectivity index (χ1v) is 15.1.